The zero-order chi connectivity index (χ0) is 19.4. The van der Waals surface area contributed by atoms with E-state index in [1.807, 2.05) is 0 Å². The fourth-order valence-corrected chi connectivity index (χ4v) is 3.68. The van der Waals surface area contributed by atoms with Crippen LogP contribution in [-0.2, 0) is 28.6 Å². The number of aliphatic hydroxyl groups is 1. The van der Waals surface area contributed by atoms with E-state index >= 15 is 0 Å². The van der Waals surface area contributed by atoms with E-state index in [0.717, 1.165) is 0 Å². The maximum Gasteiger partial charge on any atom is 0.334 e. The molecular formula is C19H24O7. The van der Waals surface area contributed by atoms with Crippen LogP contribution in [0.15, 0.2) is 24.0 Å². The van der Waals surface area contributed by atoms with Crippen LogP contribution in [0.2, 0.25) is 0 Å². The van der Waals surface area contributed by atoms with Crippen molar-refractivity contribution in [1.82, 2.24) is 0 Å². The Hall–Kier alpha value is -2.15. The fraction of sp³-hybridized carbons (Fsp3) is 0.632. The lowest BCUT2D eigenvalue weighted by atomic mass is 9.79. The van der Waals surface area contributed by atoms with Gasteiger partial charge in [0.05, 0.1) is 11.8 Å². The average molecular weight is 364 g/mol. The van der Waals surface area contributed by atoms with Gasteiger partial charge in [-0.25, -0.2) is 4.79 Å². The Labute approximate surface area is 152 Å². The zero-order valence-corrected chi connectivity index (χ0v) is 15.4. The summed E-state index contributed by atoms with van der Waals surface area (Å²) >= 11 is 0. The van der Waals surface area contributed by atoms with Crippen LogP contribution in [0.25, 0.3) is 0 Å². The van der Waals surface area contributed by atoms with Crippen molar-refractivity contribution in [2.45, 2.75) is 58.0 Å². The molecule has 2 bridgehead atoms. The lowest BCUT2D eigenvalue weighted by molar-refractivity contribution is -0.166. The van der Waals surface area contributed by atoms with Gasteiger partial charge < -0.3 is 19.3 Å². The molecule has 7 nitrogen and oxygen atoms in total. The molecule has 3 rings (SSSR count). The average Bonchev–Trinajstić information content (AvgIpc) is 3.00. The highest BCUT2D eigenvalue weighted by Gasteiger charge is 2.56. The Morgan fingerprint density at radius 2 is 2.08 bits per heavy atom. The SMILES string of the molecule is C=C1C(=O)O[C@H]2C[C@@]3(C)OC(=CC3=O)[C@@H](C)[C@H](O)[C@@H](OC(=O)C(C)C)[C@H]12. The second-order valence-electron chi connectivity index (χ2n) is 7.78. The molecule has 2 fully saturated rings. The molecule has 3 aliphatic heterocycles. The Bertz CT molecular complexity index is 707. The summed E-state index contributed by atoms with van der Waals surface area (Å²) in [5.41, 5.74) is -1.06. The Kier molecular flexibility index (Phi) is 4.46. The van der Waals surface area contributed by atoms with Gasteiger partial charge in [0.15, 0.2) is 5.60 Å². The van der Waals surface area contributed by atoms with E-state index in [1.165, 1.54) is 6.08 Å². The first-order valence-corrected chi connectivity index (χ1v) is 8.78. The topological polar surface area (TPSA) is 99.1 Å². The molecule has 0 saturated carbocycles. The van der Waals surface area contributed by atoms with Crippen molar-refractivity contribution in [3.63, 3.8) is 0 Å². The summed E-state index contributed by atoms with van der Waals surface area (Å²) in [5, 5.41) is 10.9. The number of aliphatic hydroxyl groups excluding tert-OH is 1. The van der Waals surface area contributed by atoms with Crippen molar-refractivity contribution in [3.05, 3.63) is 24.0 Å². The zero-order valence-electron chi connectivity index (χ0n) is 15.4. The highest BCUT2D eigenvalue weighted by molar-refractivity contribution is 5.99. The normalized spacial score (nSPS) is 39.4. The van der Waals surface area contributed by atoms with Crippen LogP contribution < -0.4 is 0 Å². The molecule has 7 heteroatoms. The predicted molar refractivity (Wildman–Crippen MR) is 89.6 cm³/mol. The molecule has 0 aromatic rings. The molecule has 0 unspecified atom stereocenters. The third-order valence-corrected chi connectivity index (χ3v) is 5.43. The number of fused-ring (bicyclic) bond motifs is 3. The van der Waals surface area contributed by atoms with Gasteiger partial charge in [0.1, 0.15) is 24.1 Å². The number of rotatable bonds is 2. The fourth-order valence-electron chi connectivity index (χ4n) is 3.68. The van der Waals surface area contributed by atoms with Gasteiger partial charge in [-0.1, -0.05) is 27.4 Å². The van der Waals surface area contributed by atoms with Crippen LogP contribution in [0.3, 0.4) is 0 Å². The minimum Gasteiger partial charge on any atom is -0.483 e. The third-order valence-electron chi connectivity index (χ3n) is 5.43. The van der Waals surface area contributed by atoms with Gasteiger partial charge in [0, 0.05) is 24.0 Å². The number of carbonyl (C=O) groups is 3. The number of ketones is 1. The standard InChI is InChI=1S/C19H24O7/c1-8(2)17(22)25-16-14-10(4)18(23)24-12(14)7-19(5)13(20)6-11(26-19)9(3)15(16)21/h6,8-9,12,14-16,21H,4,7H2,1-3,5H3/t9-,12+,14-,15+,16+,19-/m1/s1. The molecule has 6 atom stereocenters. The molecule has 0 radical (unpaired) electrons. The molecule has 0 aromatic carbocycles. The number of hydrogen-bond acceptors (Lipinski definition) is 7. The van der Waals surface area contributed by atoms with Crippen molar-refractivity contribution in [3.8, 4) is 0 Å². The monoisotopic (exact) mass is 364 g/mol. The molecule has 0 amide bonds. The van der Waals surface area contributed by atoms with Crippen LogP contribution in [0, 0.1) is 17.8 Å². The molecular weight excluding hydrogens is 340 g/mol. The van der Waals surface area contributed by atoms with Gasteiger partial charge in [-0.2, -0.15) is 0 Å². The predicted octanol–water partition coefficient (Wildman–Crippen LogP) is 1.29. The van der Waals surface area contributed by atoms with E-state index in [2.05, 4.69) is 6.58 Å². The van der Waals surface area contributed by atoms with Gasteiger partial charge in [-0.05, 0) is 6.92 Å². The van der Waals surface area contributed by atoms with Crippen molar-refractivity contribution in [1.29, 1.82) is 0 Å². The van der Waals surface area contributed by atoms with E-state index in [1.54, 1.807) is 27.7 Å². The summed E-state index contributed by atoms with van der Waals surface area (Å²) in [6, 6.07) is 0. The highest BCUT2D eigenvalue weighted by atomic mass is 16.6. The largest absolute Gasteiger partial charge is 0.483 e. The first kappa shape index (κ1) is 18.6. The summed E-state index contributed by atoms with van der Waals surface area (Å²) in [7, 11) is 0. The van der Waals surface area contributed by atoms with Gasteiger partial charge in [-0.15, -0.1) is 0 Å². The maximum absolute atomic E-state index is 12.4. The quantitative estimate of drug-likeness (QED) is 0.582. The summed E-state index contributed by atoms with van der Waals surface area (Å²) in [4.78, 5) is 36.7. The van der Waals surface area contributed by atoms with E-state index in [9.17, 15) is 19.5 Å². The molecule has 142 valence electrons. The smallest absolute Gasteiger partial charge is 0.334 e. The van der Waals surface area contributed by atoms with Crippen molar-refractivity contribution in [2.75, 3.05) is 0 Å². The van der Waals surface area contributed by atoms with Crippen LogP contribution in [-0.4, -0.2) is 46.7 Å². The van der Waals surface area contributed by atoms with Crippen molar-refractivity contribution < 1.29 is 33.7 Å². The molecule has 0 spiro atoms. The third kappa shape index (κ3) is 2.84. The summed E-state index contributed by atoms with van der Waals surface area (Å²) < 4.78 is 16.8. The van der Waals surface area contributed by atoms with E-state index < -0.39 is 53.6 Å². The Morgan fingerprint density at radius 1 is 1.42 bits per heavy atom. The van der Waals surface area contributed by atoms with Gasteiger partial charge >= 0.3 is 11.9 Å². The number of esters is 2. The Balaban J connectivity index is 2.05. The first-order valence-electron chi connectivity index (χ1n) is 8.78. The van der Waals surface area contributed by atoms with E-state index in [4.69, 9.17) is 14.2 Å². The summed E-state index contributed by atoms with van der Waals surface area (Å²) in [6.45, 7) is 10.5. The van der Waals surface area contributed by atoms with Crippen molar-refractivity contribution in [2.24, 2.45) is 17.8 Å². The molecule has 0 aliphatic carbocycles. The van der Waals surface area contributed by atoms with Gasteiger partial charge in [-0.3, -0.25) is 9.59 Å². The minimum absolute atomic E-state index is 0.0937. The minimum atomic E-state index is -1.19. The summed E-state index contributed by atoms with van der Waals surface area (Å²) in [5.74, 6) is -2.75. The van der Waals surface area contributed by atoms with Crippen LogP contribution >= 0.6 is 0 Å². The molecule has 26 heavy (non-hydrogen) atoms. The van der Waals surface area contributed by atoms with Crippen LogP contribution in [0.4, 0.5) is 0 Å². The molecule has 2 saturated heterocycles. The maximum atomic E-state index is 12.4. The van der Waals surface area contributed by atoms with Crippen molar-refractivity contribution >= 4 is 17.7 Å². The first-order chi connectivity index (χ1) is 12.0. The van der Waals surface area contributed by atoms with Gasteiger partial charge in [0.25, 0.3) is 0 Å². The summed E-state index contributed by atoms with van der Waals surface area (Å²) in [6.07, 6.45) is -1.53. The second-order valence-corrected chi connectivity index (χ2v) is 7.78. The number of ether oxygens (including phenoxy) is 3. The van der Waals surface area contributed by atoms with Crippen LogP contribution in [0.5, 0.6) is 0 Å². The molecule has 3 aliphatic rings. The molecule has 0 aromatic heterocycles. The lowest BCUT2D eigenvalue weighted by Crippen LogP contribution is -2.46. The van der Waals surface area contributed by atoms with Crippen LogP contribution in [0.1, 0.15) is 34.1 Å². The molecule has 3 heterocycles. The Morgan fingerprint density at radius 3 is 2.69 bits per heavy atom. The highest BCUT2D eigenvalue weighted by Crippen LogP contribution is 2.44. The lowest BCUT2D eigenvalue weighted by Gasteiger charge is -2.33. The number of carbonyl (C=O) groups excluding carboxylic acids is 3. The number of hydrogen-bond donors (Lipinski definition) is 1. The van der Waals surface area contributed by atoms with E-state index in [-0.39, 0.29) is 17.8 Å². The van der Waals surface area contributed by atoms with E-state index in [0.29, 0.717) is 5.76 Å². The molecule has 1 N–H and O–H groups in total. The second kappa shape index (κ2) is 6.23. The van der Waals surface area contributed by atoms with Gasteiger partial charge in [0.2, 0.25) is 5.78 Å².